The molecule has 1 atom stereocenters. The number of nitrogens with two attached hydrogens (primary N) is 1. The van der Waals surface area contributed by atoms with Gasteiger partial charge in [0.25, 0.3) is 0 Å². The van der Waals surface area contributed by atoms with Crippen LogP contribution >= 0.6 is 7.14 Å². The van der Waals surface area contributed by atoms with Crippen molar-refractivity contribution >= 4 is 23.4 Å². The first-order valence-corrected chi connectivity index (χ1v) is 6.98. The van der Waals surface area contributed by atoms with E-state index in [4.69, 9.17) is 14.9 Å². The van der Waals surface area contributed by atoms with E-state index in [9.17, 15) is 4.57 Å². The fourth-order valence-electron chi connectivity index (χ4n) is 1.96. The van der Waals surface area contributed by atoms with Crippen molar-refractivity contribution in [3.05, 3.63) is 30.5 Å². The Bertz CT molecular complexity index is 617. The summed E-state index contributed by atoms with van der Waals surface area (Å²) >= 11 is 0. The Kier molecular flexibility index (Phi) is 1.74. The normalized spacial score (nSPS) is 22.1. The van der Waals surface area contributed by atoms with E-state index in [2.05, 4.69) is 0 Å². The van der Waals surface area contributed by atoms with Crippen LogP contribution in [0.3, 0.4) is 0 Å². The minimum Gasteiger partial charge on any atom is -0.431 e. The fraction of sp³-hybridized carbons (Fsp3) is 0.0909. The van der Waals surface area contributed by atoms with Crippen molar-refractivity contribution < 1.29 is 13.7 Å². The first-order valence-electron chi connectivity index (χ1n) is 4.83. The largest absolute Gasteiger partial charge is 0.431 e. The molecule has 0 saturated carbocycles. The summed E-state index contributed by atoms with van der Waals surface area (Å²) in [7, 11) is -2.70. The average molecular weight is 235 g/mol. The molecule has 16 heavy (non-hydrogen) atoms. The van der Waals surface area contributed by atoms with Gasteiger partial charge in [0.2, 0.25) is 0 Å². The summed E-state index contributed by atoms with van der Waals surface area (Å²) in [5, 5.41) is 1.18. The number of nitrogen functional groups attached to an aromatic ring is 1. The Balaban J connectivity index is 2.35. The van der Waals surface area contributed by atoms with Gasteiger partial charge in [0.15, 0.2) is 7.14 Å². The smallest absolute Gasteiger partial charge is 0.303 e. The highest BCUT2D eigenvalue weighted by atomic mass is 31.2. The van der Waals surface area contributed by atoms with Gasteiger partial charge in [-0.15, -0.1) is 0 Å². The molecule has 4 nitrogen and oxygen atoms in total. The minimum atomic E-state index is -2.70. The van der Waals surface area contributed by atoms with Gasteiger partial charge in [0, 0.05) is 0 Å². The molecule has 2 heterocycles. The number of anilines is 1. The molecule has 0 fully saturated rings. The summed E-state index contributed by atoms with van der Waals surface area (Å²) in [4.78, 5) is 0. The first-order chi connectivity index (χ1) is 7.60. The molecule has 0 aliphatic carbocycles. The highest BCUT2D eigenvalue weighted by Gasteiger charge is 2.37. The van der Waals surface area contributed by atoms with Gasteiger partial charge < -0.3 is 19.5 Å². The van der Waals surface area contributed by atoms with E-state index in [-0.39, 0.29) is 5.95 Å². The highest BCUT2D eigenvalue weighted by Crippen LogP contribution is 2.51. The van der Waals surface area contributed by atoms with Crippen LogP contribution in [0.4, 0.5) is 5.69 Å². The molecule has 1 aliphatic rings. The molecule has 1 aromatic heterocycles. The summed E-state index contributed by atoms with van der Waals surface area (Å²) in [6, 6.07) is 7.23. The van der Waals surface area contributed by atoms with Crippen LogP contribution in [0.25, 0.3) is 0 Å². The standard InChI is InChI=1S/C11H10NO3P/c1-16(13)9-5-3-2-4-8(9)15-11-10(16)7(12)6-14-11/h2-6H,12H2,1H3. The van der Waals surface area contributed by atoms with Crippen LogP contribution in [0, 0.1) is 0 Å². The molecule has 5 heteroatoms. The predicted octanol–water partition coefficient (Wildman–Crippen LogP) is 1.91. The Morgan fingerprint density at radius 3 is 2.88 bits per heavy atom. The van der Waals surface area contributed by atoms with Gasteiger partial charge in [-0.3, -0.25) is 0 Å². The Morgan fingerprint density at radius 1 is 1.31 bits per heavy atom. The molecular weight excluding hydrogens is 225 g/mol. The number of rotatable bonds is 0. The van der Waals surface area contributed by atoms with Gasteiger partial charge in [-0.2, -0.15) is 0 Å². The Hall–Kier alpha value is -1.67. The average Bonchev–Trinajstić information content (AvgIpc) is 2.61. The monoisotopic (exact) mass is 235 g/mol. The molecule has 3 rings (SSSR count). The van der Waals surface area contributed by atoms with Gasteiger partial charge in [-0.1, -0.05) is 12.1 Å². The van der Waals surface area contributed by atoms with Crippen molar-refractivity contribution in [1.82, 2.24) is 0 Å². The summed E-state index contributed by atoms with van der Waals surface area (Å²) < 4.78 is 23.4. The van der Waals surface area contributed by atoms with Crippen molar-refractivity contribution in [2.24, 2.45) is 0 Å². The van der Waals surface area contributed by atoms with Gasteiger partial charge in [-0.05, 0) is 18.8 Å². The molecule has 1 unspecified atom stereocenters. The quantitative estimate of drug-likeness (QED) is 0.708. The first kappa shape index (κ1) is 9.55. The Labute approximate surface area is 92.4 Å². The third-order valence-electron chi connectivity index (χ3n) is 2.71. The summed E-state index contributed by atoms with van der Waals surface area (Å²) in [5.74, 6) is 0.831. The molecule has 0 amide bonds. The van der Waals surface area contributed by atoms with Crippen molar-refractivity contribution in [3.63, 3.8) is 0 Å². The topological polar surface area (TPSA) is 65.5 Å². The second-order valence-electron chi connectivity index (χ2n) is 3.82. The lowest BCUT2D eigenvalue weighted by atomic mass is 10.3. The molecule has 0 bridgehead atoms. The molecule has 1 aliphatic heterocycles. The molecule has 2 aromatic rings. The maximum absolute atomic E-state index is 12.7. The highest BCUT2D eigenvalue weighted by molar-refractivity contribution is 7.78. The Morgan fingerprint density at radius 2 is 2.06 bits per heavy atom. The van der Waals surface area contributed by atoms with Crippen molar-refractivity contribution in [1.29, 1.82) is 0 Å². The molecule has 1 aromatic carbocycles. The number of ether oxygens (including phenoxy) is 1. The number of benzene rings is 1. The lowest BCUT2D eigenvalue weighted by molar-refractivity contribution is 0.350. The zero-order valence-electron chi connectivity index (χ0n) is 8.64. The summed E-state index contributed by atoms with van der Waals surface area (Å²) in [5.41, 5.74) is 6.13. The summed E-state index contributed by atoms with van der Waals surface area (Å²) in [6.45, 7) is 1.68. The molecule has 0 saturated heterocycles. The lowest BCUT2D eigenvalue weighted by Gasteiger charge is -2.22. The van der Waals surface area contributed by atoms with E-state index >= 15 is 0 Å². The van der Waals surface area contributed by atoms with E-state index in [1.165, 1.54) is 6.26 Å². The number of hydrogen-bond donors (Lipinski definition) is 1. The fourth-order valence-corrected chi connectivity index (χ4v) is 4.10. The molecule has 2 N–H and O–H groups in total. The SMILES string of the molecule is CP1(=O)c2ccccc2Oc2occ(N)c21. The minimum absolute atomic E-state index is 0.252. The second-order valence-corrected chi connectivity index (χ2v) is 6.60. The van der Waals surface area contributed by atoms with Crippen molar-refractivity contribution in [2.45, 2.75) is 0 Å². The molecule has 0 radical (unpaired) electrons. The predicted molar refractivity (Wildman–Crippen MR) is 62.4 cm³/mol. The third kappa shape index (κ3) is 1.08. The maximum Gasteiger partial charge on any atom is 0.303 e. The van der Waals surface area contributed by atoms with Gasteiger partial charge in [0.05, 0.1) is 11.0 Å². The van der Waals surface area contributed by atoms with Crippen LogP contribution < -0.4 is 21.1 Å². The van der Waals surface area contributed by atoms with Crippen LogP contribution in [-0.4, -0.2) is 6.66 Å². The van der Waals surface area contributed by atoms with E-state index in [1.807, 2.05) is 12.1 Å². The molecular formula is C11H10NO3P. The zero-order valence-corrected chi connectivity index (χ0v) is 9.53. The number of para-hydroxylation sites is 1. The lowest BCUT2D eigenvalue weighted by Crippen LogP contribution is -2.23. The van der Waals surface area contributed by atoms with Crippen molar-refractivity contribution in [3.8, 4) is 11.7 Å². The van der Waals surface area contributed by atoms with Crippen LogP contribution in [0.1, 0.15) is 0 Å². The number of hydrogen-bond acceptors (Lipinski definition) is 4. The van der Waals surface area contributed by atoms with Crippen LogP contribution in [-0.2, 0) is 4.57 Å². The number of furan rings is 1. The van der Waals surface area contributed by atoms with Crippen LogP contribution in [0.2, 0.25) is 0 Å². The van der Waals surface area contributed by atoms with Crippen LogP contribution in [0.15, 0.2) is 34.9 Å². The summed E-state index contributed by atoms with van der Waals surface area (Å²) in [6.07, 6.45) is 1.37. The third-order valence-corrected chi connectivity index (χ3v) is 5.30. The van der Waals surface area contributed by atoms with Gasteiger partial charge in [-0.25, -0.2) is 0 Å². The van der Waals surface area contributed by atoms with E-state index in [0.29, 0.717) is 22.0 Å². The van der Waals surface area contributed by atoms with E-state index in [0.717, 1.165) is 0 Å². The zero-order chi connectivity index (χ0) is 11.3. The van der Waals surface area contributed by atoms with Gasteiger partial charge >= 0.3 is 5.95 Å². The van der Waals surface area contributed by atoms with E-state index < -0.39 is 7.14 Å². The van der Waals surface area contributed by atoms with Crippen LogP contribution in [0.5, 0.6) is 11.7 Å². The van der Waals surface area contributed by atoms with Gasteiger partial charge in [0.1, 0.15) is 17.3 Å². The maximum atomic E-state index is 12.7. The number of fused-ring (bicyclic) bond motifs is 2. The molecule has 82 valence electrons. The van der Waals surface area contributed by atoms with Crippen molar-refractivity contribution in [2.75, 3.05) is 12.4 Å². The molecule has 0 spiro atoms. The van der Waals surface area contributed by atoms with E-state index in [1.54, 1.807) is 18.8 Å². The second kappa shape index (κ2) is 2.92.